The maximum Gasteiger partial charge on any atom is 0.390 e. The van der Waals surface area contributed by atoms with Gasteiger partial charge in [-0.1, -0.05) is 6.07 Å². The topological polar surface area (TPSA) is 32.7 Å². The maximum atomic E-state index is 12.0. The number of methoxy groups -OCH3 is 1. The fourth-order valence-corrected chi connectivity index (χ4v) is 1.53. The Labute approximate surface area is 104 Å². The van der Waals surface area contributed by atoms with Crippen molar-refractivity contribution in [2.75, 3.05) is 20.7 Å². The van der Waals surface area contributed by atoms with Crippen molar-refractivity contribution in [3.8, 4) is 11.5 Å². The minimum atomic E-state index is -4.14. The third-order valence-corrected chi connectivity index (χ3v) is 2.47. The first-order valence-corrected chi connectivity index (χ1v) is 5.43. The number of phenols is 1. The molecule has 0 saturated carbocycles. The minimum Gasteiger partial charge on any atom is -0.504 e. The van der Waals surface area contributed by atoms with E-state index in [1.807, 2.05) is 0 Å². The summed E-state index contributed by atoms with van der Waals surface area (Å²) in [5, 5.41) is 9.39. The standard InChI is InChI=1S/C12H16F3NO2/c1-16(6-5-12(13,14)15)8-9-3-4-10(17)11(7-9)18-2/h3-4,7,17H,5-6,8H2,1-2H3. The molecule has 0 atom stereocenters. The molecular weight excluding hydrogens is 247 g/mol. The van der Waals surface area contributed by atoms with Gasteiger partial charge in [-0.05, 0) is 24.7 Å². The van der Waals surface area contributed by atoms with Gasteiger partial charge >= 0.3 is 6.18 Å². The molecule has 102 valence electrons. The zero-order valence-corrected chi connectivity index (χ0v) is 10.3. The summed E-state index contributed by atoms with van der Waals surface area (Å²) in [5.41, 5.74) is 0.786. The number of hydrogen-bond donors (Lipinski definition) is 1. The Morgan fingerprint density at radius 3 is 2.56 bits per heavy atom. The Bertz CT molecular complexity index is 393. The monoisotopic (exact) mass is 263 g/mol. The highest BCUT2D eigenvalue weighted by Gasteiger charge is 2.27. The Hall–Kier alpha value is -1.43. The summed E-state index contributed by atoms with van der Waals surface area (Å²) in [6.07, 6.45) is -4.97. The van der Waals surface area contributed by atoms with E-state index in [2.05, 4.69) is 0 Å². The summed E-state index contributed by atoms with van der Waals surface area (Å²) >= 11 is 0. The van der Waals surface area contributed by atoms with Crippen molar-refractivity contribution in [3.05, 3.63) is 23.8 Å². The van der Waals surface area contributed by atoms with Gasteiger partial charge in [-0.25, -0.2) is 0 Å². The molecule has 3 nitrogen and oxygen atoms in total. The Kier molecular flexibility index (Phi) is 4.84. The number of ether oxygens (including phenoxy) is 1. The molecule has 0 unspecified atom stereocenters. The maximum absolute atomic E-state index is 12.0. The van der Waals surface area contributed by atoms with Gasteiger partial charge in [-0.15, -0.1) is 0 Å². The van der Waals surface area contributed by atoms with Crippen molar-refractivity contribution in [2.45, 2.75) is 19.1 Å². The van der Waals surface area contributed by atoms with Gasteiger partial charge in [0.2, 0.25) is 0 Å². The van der Waals surface area contributed by atoms with Crippen molar-refractivity contribution in [1.29, 1.82) is 0 Å². The van der Waals surface area contributed by atoms with Crippen LogP contribution in [0.25, 0.3) is 0 Å². The number of alkyl halides is 3. The number of rotatable bonds is 5. The van der Waals surface area contributed by atoms with E-state index in [4.69, 9.17) is 4.74 Å². The molecule has 0 heterocycles. The van der Waals surface area contributed by atoms with Crippen LogP contribution < -0.4 is 4.74 Å². The van der Waals surface area contributed by atoms with Crippen molar-refractivity contribution < 1.29 is 23.0 Å². The molecule has 18 heavy (non-hydrogen) atoms. The molecule has 0 bridgehead atoms. The molecule has 0 aliphatic heterocycles. The van der Waals surface area contributed by atoms with Crippen LogP contribution >= 0.6 is 0 Å². The molecule has 0 radical (unpaired) electrons. The van der Waals surface area contributed by atoms with Crippen molar-refractivity contribution in [1.82, 2.24) is 4.90 Å². The van der Waals surface area contributed by atoms with Gasteiger partial charge in [0.15, 0.2) is 11.5 Å². The second-order valence-corrected chi connectivity index (χ2v) is 4.11. The Balaban J connectivity index is 2.56. The fourth-order valence-electron chi connectivity index (χ4n) is 1.53. The first-order valence-electron chi connectivity index (χ1n) is 5.43. The van der Waals surface area contributed by atoms with Crippen LogP contribution in [0.2, 0.25) is 0 Å². The highest BCUT2D eigenvalue weighted by Crippen LogP contribution is 2.27. The average molecular weight is 263 g/mol. The van der Waals surface area contributed by atoms with E-state index in [0.29, 0.717) is 12.3 Å². The van der Waals surface area contributed by atoms with Crippen LogP contribution in [0, 0.1) is 0 Å². The number of nitrogens with zero attached hydrogens (tertiary/aromatic N) is 1. The van der Waals surface area contributed by atoms with E-state index >= 15 is 0 Å². The van der Waals surface area contributed by atoms with Crippen LogP contribution in [-0.4, -0.2) is 36.9 Å². The highest BCUT2D eigenvalue weighted by atomic mass is 19.4. The van der Waals surface area contributed by atoms with E-state index in [0.717, 1.165) is 5.56 Å². The van der Waals surface area contributed by atoms with E-state index in [1.54, 1.807) is 24.1 Å². The van der Waals surface area contributed by atoms with Crippen molar-refractivity contribution in [3.63, 3.8) is 0 Å². The average Bonchev–Trinajstić information content (AvgIpc) is 2.28. The zero-order valence-electron chi connectivity index (χ0n) is 10.3. The van der Waals surface area contributed by atoms with Crippen LogP contribution in [0.15, 0.2) is 18.2 Å². The Morgan fingerprint density at radius 2 is 2.00 bits per heavy atom. The smallest absolute Gasteiger partial charge is 0.390 e. The minimum absolute atomic E-state index is 0.0131. The predicted octanol–water partition coefficient (Wildman–Crippen LogP) is 2.79. The molecule has 0 aliphatic carbocycles. The summed E-state index contributed by atoms with van der Waals surface area (Å²) in [7, 11) is 3.04. The molecule has 0 aliphatic rings. The van der Waals surface area contributed by atoms with Crippen molar-refractivity contribution in [2.24, 2.45) is 0 Å². The molecule has 1 aromatic carbocycles. The molecular formula is C12H16F3NO2. The molecule has 0 fully saturated rings. The normalized spacial score (nSPS) is 11.9. The second kappa shape index (κ2) is 5.95. The molecule has 1 rings (SSSR count). The van der Waals surface area contributed by atoms with Crippen LogP contribution in [0.4, 0.5) is 13.2 Å². The van der Waals surface area contributed by atoms with Gasteiger partial charge in [-0.3, -0.25) is 0 Å². The third-order valence-electron chi connectivity index (χ3n) is 2.47. The van der Waals surface area contributed by atoms with Crippen LogP contribution in [0.1, 0.15) is 12.0 Å². The molecule has 0 saturated heterocycles. The summed E-state index contributed by atoms with van der Waals surface area (Å²) < 4.78 is 41.1. The lowest BCUT2D eigenvalue weighted by atomic mass is 10.2. The fraction of sp³-hybridized carbons (Fsp3) is 0.500. The Morgan fingerprint density at radius 1 is 1.33 bits per heavy atom. The quantitative estimate of drug-likeness (QED) is 0.886. The van der Waals surface area contributed by atoms with Crippen LogP contribution in [0.5, 0.6) is 11.5 Å². The number of aromatic hydroxyl groups is 1. The molecule has 1 aromatic rings. The molecule has 0 amide bonds. The lowest BCUT2D eigenvalue weighted by Gasteiger charge is -2.18. The molecule has 6 heteroatoms. The summed E-state index contributed by atoms with van der Waals surface area (Å²) in [6.45, 7) is 0.305. The predicted molar refractivity (Wildman–Crippen MR) is 61.7 cm³/mol. The first-order chi connectivity index (χ1) is 8.31. The second-order valence-electron chi connectivity index (χ2n) is 4.11. The van der Waals surface area contributed by atoms with Gasteiger partial charge in [0, 0.05) is 13.1 Å². The largest absolute Gasteiger partial charge is 0.504 e. The number of hydrogen-bond acceptors (Lipinski definition) is 3. The highest BCUT2D eigenvalue weighted by molar-refractivity contribution is 5.41. The summed E-state index contributed by atoms with van der Waals surface area (Å²) in [6, 6.07) is 4.73. The molecule has 0 spiro atoms. The van der Waals surface area contributed by atoms with Crippen LogP contribution in [-0.2, 0) is 6.54 Å². The van der Waals surface area contributed by atoms with Crippen molar-refractivity contribution >= 4 is 0 Å². The number of benzene rings is 1. The first kappa shape index (κ1) is 14.6. The number of halogens is 3. The number of phenolic OH excluding ortho intramolecular Hbond substituents is 1. The third kappa shape index (κ3) is 4.83. The summed E-state index contributed by atoms with van der Waals surface area (Å²) in [4.78, 5) is 1.57. The van der Waals surface area contributed by atoms with Gasteiger partial charge in [0.05, 0.1) is 13.5 Å². The van der Waals surface area contributed by atoms with Gasteiger partial charge in [0.25, 0.3) is 0 Å². The zero-order chi connectivity index (χ0) is 13.8. The SMILES string of the molecule is COc1cc(CN(C)CCC(F)(F)F)ccc1O. The summed E-state index contributed by atoms with van der Waals surface area (Å²) in [5.74, 6) is 0.330. The van der Waals surface area contributed by atoms with E-state index in [9.17, 15) is 18.3 Å². The van der Waals surface area contributed by atoms with Gasteiger partial charge in [-0.2, -0.15) is 13.2 Å². The molecule has 0 aromatic heterocycles. The molecule has 1 N–H and O–H groups in total. The van der Waals surface area contributed by atoms with E-state index in [1.165, 1.54) is 13.2 Å². The van der Waals surface area contributed by atoms with Gasteiger partial charge < -0.3 is 14.7 Å². The lowest BCUT2D eigenvalue weighted by molar-refractivity contribution is -0.137. The van der Waals surface area contributed by atoms with E-state index in [-0.39, 0.29) is 12.3 Å². The van der Waals surface area contributed by atoms with Crippen LogP contribution in [0.3, 0.4) is 0 Å². The van der Waals surface area contributed by atoms with Gasteiger partial charge in [0.1, 0.15) is 0 Å². The lowest BCUT2D eigenvalue weighted by Crippen LogP contribution is -2.24. The van der Waals surface area contributed by atoms with E-state index < -0.39 is 12.6 Å².